The highest BCUT2D eigenvalue weighted by molar-refractivity contribution is 5.61. The van der Waals surface area contributed by atoms with E-state index in [9.17, 15) is 0 Å². The molecule has 1 aliphatic rings. The van der Waals surface area contributed by atoms with Crippen molar-refractivity contribution in [2.24, 2.45) is 0 Å². The topological polar surface area (TPSA) is 0 Å². The molecule has 0 fully saturated rings. The van der Waals surface area contributed by atoms with E-state index in [0.29, 0.717) is 0 Å². The molecule has 0 N–H and O–H groups in total. The first-order valence-electron chi connectivity index (χ1n) is 4.31. The summed E-state index contributed by atoms with van der Waals surface area (Å²) < 4.78 is 0. The predicted octanol–water partition coefficient (Wildman–Crippen LogP) is 3.20. The van der Waals surface area contributed by atoms with Gasteiger partial charge in [-0.2, -0.15) is 0 Å². The fraction of sp³-hybridized carbons (Fsp3) is 0.167. The maximum Gasteiger partial charge on any atom is -0.0222 e. The largest absolute Gasteiger partial charge is 0.0988 e. The summed E-state index contributed by atoms with van der Waals surface area (Å²) in [7, 11) is 0. The molecular formula is C12H12. The fourth-order valence-electron chi connectivity index (χ4n) is 1.61. The first-order valence-corrected chi connectivity index (χ1v) is 4.31. The van der Waals surface area contributed by atoms with Gasteiger partial charge in [0.15, 0.2) is 0 Å². The number of hydrogen-bond acceptors (Lipinski definition) is 0. The van der Waals surface area contributed by atoms with E-state index in [1.807, 2.05) is 6.08 Å². The van der Waals surface area contributed by atoms with Gasteiger partial charge in [0, 0.05) is 0 Å². The molecule has 1 aromatic carbocycles. The summed E-state index contributed by atoms with van der Waals surface area (Å²) in [5.74, 6) is 0. The van der Waals surface area contributed by atoms with E-state index in [-0.39, 0.29) is 0 Å². The smallest absolute Gasteiger partial charge is 0.0222 e. The van der Waals surface area contributed by atoms with Crippen molar-refractivity contribution in [2.45, 2.75) is 12.8 Å². The normalized spacial score (nSPS) is 14.8. The average Bonchev–Trinajstić information content (AvgIpc) is 2.17. The number of allylic oxidation sites excluding steroid dienone is 2. The summed E-state index contributed by atoms with van der Waals surface area (Å²) in [6, 6.07) is 8.55. The van der Waals surface area contributed by atoms with Crippen molar-refractivity contribution in [3.05, 3.63) is 53.6 Å². The number of aryl methyl sites for hydroxylation is 1. The standard InChI is InChI=1S/C12H12/c1-2-10-7-8-11-5-3-4-6-12(11)9-10/h2-6,9H,1,7-8H2. The molecule has 0 aliphatic heterocycles. The van der Waals surface area contributed by atoms with Gasteiger partial charge in [-0.3, -0.25) is 0 Å². The number of rotatable bonds is 1. The van der Waals surface area contributed by atoms with Crippen molar-refractivity contribution in [3.63, 3.8) is 0 Å². The van der Waals surface area contributed by atoms with E-state index in [0.717, 1.165) is 12.8 Å². The summed E-state index contributed by atoms with van der Waals surface area (Å²) >= 11 is 0. The van der Waals surface area contributed by atoms with Gasteiger partial charge in [0.05, 0.1) is 0 Å². The Labute approximate surface area is 73.2 Å². The van der Waals surface area contributed by atoms with Gasteiger partial charge in [0.1, 0.15) is 0 Å². The first kappa shape index (κ1) is 7.35. The predicted molar refractivity (Wildman–Crippen MR) is 52.9 cm³/mol. The molecule has 0 saturated heterocycles. The van der Waals surface area contributed by atoms with Crippen molar-refractivity contribution >= 4 is 6.08 Å². The second-order valence-electron chi connectivity index (χ2n) is 3.12. The Hall–Kier alpha value is -1.30. The summed E-state index contributed by atoms with van der Waals surface area (Å²) in [5.41, 5.74) is 4.18. The Morgan fingerprint density at radius 3 is 2.83 bits per heavy atom. The van der Waals surface area contributed by atoms with E-state index < -0.39 is 0 Å². The molecular weight excluding hydrogens is 144 g/mol. The lowest BCUT2D eigenvalue weighted by Crippen LogP contribution is -1.96. The van der Waals surface area contributed by atoms with Crippen LogP contribution in [0.4, 0.5) is 0 Å². The molecule has 0 aromatic heterocycles. The van der Waals surface area contributed by atoms with Gasteiger partial charge >= 0.3 is 0 Å². The van der Waals surface area contributed by atoms with Crippen LogP contribution in [0.15, 0.2) is 42.5 Å². The molecule has 0 nitrogen and oxygen atoms in total. The third kappa shape index (κ3) is 1.20. The molecule has 0 unspecified atom stereocenters. The Balaban J connectivity index is 2.47. The zero-order valence-corrected chi connectivity index (χ0v) is 7.09. The van der Waals surface area contributed by atoms with Gasteiger partial charge in [-0.05, 0) is 29.5 Å². The molecule has 1 aromatic rings. The summed E-state index contributed by atoms with van der Waals surface area (Å²) in [5, 5.41) is 0. The van der Waals surface area contributed by atoms with Gasteiger partial charge in [-0.1, -0.05) is 43.0 Å². The van der Waals surface area contributed by atoms with E-state index in [2.05, 4.69) is 36.9 Å². The van der Waals surface area contributed by atoms with E-state index >= 15 is 0 Å². The van der Waals surface area contributed by atoms with Crippen LogP contribution in [0.3, 0.4) is 0 Å². The molecule has 1 aliphatic carbocycles. The van der Waals surface area contributed by atoms with Crippen LogP contribution in [0.1, 0.15) is 17.5 Å². The number of fused-ring (bicyclic) bond motifs is 1. The van der Waals surface area contributed by atoms with Crippen LogP contribution in [0.5, 0.6) is 0 Å². The number of benzene rings is 1. The Bertz CT molecular complexity index is 332. The first-order chi connectivity index (χ1) is 5.90. The molecule has 0 heteroatoms. The van der Waals surface area contributed by atoms with Crippen molar-refractivity contribution in [1.82, 2.24) is 0 Å². The molecule has 0 heterocycles. The van der Waals surface area contributed by atoms with Crippen molar-refractivity contribution in [1.29, 1.82) is 0 Å². The van der Waals surface area contributed by atoms with E-state index in [4.69, 9.17) is 0 Å². The Kier molecular flexibility index (Phi) is 1.83. The van der Waals surface area contributed by atoms with Crippen LogP contribution in [-0.4, -0.2) is 0 Å². The summed E-state index contributed by atoms with van der Waals surface area (Å²) in [6.45, 7) is 3.79. The zero-order valence-electron chi connectivity index (χ0n) is 7.09. The Morgan fingerprint density at radius 2 is 2.00 bits per heavy atom. The molecule has 12 heavy (non-hydrogen) atoms. The molecule has 60 valence electrons. The van der Waals surface area contributed by atoms with Gasteiger partial charge in [-0.25, -0.2) is 0 Å². The molecule has 0 amide bonds. The van der Waals surface area contributed by atoms with Crippen molar-refractivity contribution in [3.8, 4) is 0 Å². The SMILES string of the molecule is C=CC1=Cc2ccccc2CC1. The van der Waals surface area contributed by atoms with E-state index in [1.165, 1.54) is 16.7 Å². The van der Waals surface area contributed by atoms with Gasteiger partial charge in [0.25, 0.3) is 0 Å². The van der Waals surface area contributed by atoms with Crippen molar-refractivity contribution < 1.29 is 0 Å². The zero-order chi connectivity index (χ0) is 8.39. The van der Waals surface area contributed by atoms with Gasteiger partial charge in [0.2, 0.25) is 0 Å². The van der Waals surface area contributed by atoms with Crippen LogP contribution in [0.25, 0.3) is 6.08 Å². The molecule has 0 saturated carbocycles. The summed E-state index contributed by atoms with van der Waals surface area (Å²) in [6.07, 6.45) is 6.48. The molecule has 0 radical (unpaired) electrons. The van der Waals surface area contributed by atoms with Crippen LogP contribution in [0, 0.1) is 0 Å². The highest BCUT2D eigenvalue weighted by Crippen LogP contribution is 2.23. The Morgan fingerprint density at radius 1 is 1.17 bits per heavy atom. The van der Waals surface area contributed by atoms with Crippen LogP contribution >= 0.6 is 0 Å². The second-order valence-corrected chi connectivity index (χ2v) is 3.12. The number of hydrogen-bond donors (Lipinski definition) is 0. The minimum absolute atomic E-state index is 1.14. The highest BCUT2D eigenvalue weighted by Gasteiger charge is 2.06. The minimum atomic E-state index is 1.14. The van der Waals surface area contributed by atoms with Crippen LogP contribution < -0.4 is 0 Å². The van der Waals surface area contributed by atoms with Gasteiger partial charge in [-0.15, -0.1) is 0 Å². The maximum atomic E-state index is 3.79. The second kappa shape index (κ2) is 2.98. The minimum Gasteiger partial charge on any atom is -0.0988 e. The summed E-state index contributed by atoms with van der Waals surface area (Å²) in [4.78, 5) is 0. The molecule has 0 atom stereocenters. The lowest BCUT2D eigenvalue weighted by Gasteiger charge is -2.13. The van der Waals surface area contributed by atoms with Crippen molar-refractivity contribution in [2.75, 3.05) is 0 Å². The lowest BCUT2D eigenvalue weighted by molar-refractivity contribution is 0.951. The van der Waals surface area contributed by atoms with Crippen LogP contribution in [0.2, 0.25) is 0 Å². The molecule has 2 rings (SSSR count). The van der Waals surface area contributed by atoms with Crippen LogP contribution in [-0.2, 0) is 6.42 Å². The maximum absolute atomic E-state index is 3.79. The fourth-order valence-corrected chi connectivity index (χ4v) is 1.61. The third-order valence-electron chi connectivity index (χ3n) is 2.34. The molecule has 0 spiro atoms. The lowest BCUT2D eigenvalue weighted by atomic mass is 9.92. The van der Waals surface area contributed by atoms with Gasteiger partial charge < -0.3 is 0 Å². The molecule has 0 bridgehead atoms. The quantitative estimate of drug-likeness (QED) is 0.585. The monoisotopic (exact) mass is 156 g/mol. The average molecular weight is 156 g/mol. The highest BCUT2D eigenvalue weighted by atomic mass is 14.1. The van der Waals surface area contributed by atoms with E-state index in [1.54, 1.807) is 0 Å². The third-order valence-corrected chi connectivity index (χ3v) is 2.34.